The standard InChI is InChI=1S/C12H12N2O/c1-3-10-7-13-11-5-4-9(8(2)15)6-12(11)14-10/h4-7H,3H2,1-2H3. The molecule has 0 aliphatic rings. The summed E-state index contributed by atoms with van der Waals surface area (Å²) >= 11 is 0. The molecule has 0 aliphatic heterocycles. The highest BCUT2D eigenvalue weighted by Crippen LogP contribution is 2.12. The van der Waals surface area contributed by atoms with Crippen LogP contribution in [-0.2, 0) is 6.42 Å². The maximum Gasteiger partial charge on any atom is 0.159 e. The van der Waals surface area contributed by atoms with Crippen LogP contribution in [0.1, 0.15) is 29.9 Å². The first kappa shape index (κ1) is 9.77. The Morgan fingerprint density at radius 1 is 1.33 bits per heavy atom. The maximum atomic E-state index is 11.2. The number of fused-ring (bicyclic) bond motifs is 1. The van der Waals surface area contributed by atoms with Gasteiger partial charge in [0.1, 0.15) is 0 Å². The van der Waals surface area contributed by atoms with Gasteiger partial charge in [-0.05, 0) is 31.5 Å². The smallest absolute Gasteiger partial charge is 0.159 e. The highest BCUT2D eigenvalue weighted by Gasteiger charge is 2.03. The van der Waals surface area contributed by atoms with Gasteiger partial charge in [0.25, 0.3) is 0 Å². The zero-order valence-electron chi connectivity index (χ0n) is 8.82. The lowest BCUT2D eigenvalue weighted by molar-refractivity contribution is 0.101. The molecule has 0 aliphatic carbocycles. The van der Waals surface area contributed by atoms with Crippen molar-refractivity contribution in [3.63, 3.8) is 0 Å². The molecule has 0 fully saturated rings. The zero-order chi connectivity index (χ0) is 10.8. The average molecular weight is 200 g/mol. The molecule has 76 valence electrons. The van der Waals surface area contributed by atoms with Gasteiger partial charge in [-0.2, -0.15) is 0 Å². The molecule has 0 unspecified atom stereocenters. The van der Waals surface area contributed by atoms with Crippen LogP contribution in [0.25, 0.3) is 11.0 Å². The van der Waals surface area contributed by atoms with Crippen LogP contribution < -0.4 is 0 Å². The van der Waals surface area contributed by atoms with E-state index in [1.54, 1.807) is 25.3 Å². The van der Waals surface area contributed by atoms with Crippen LogP contribution in [0, 0.1) is 0 Å². The number of Topliss-reactive ketones (excluding diaryl/α,β-unsaturated/α-hetero) is 1. The van der Waals surface area contributed by atoms with Crippen molar-refractivity contribution in [1.29, 1.82) is 0 Å². The Balaban J connectivity index is 2.62. The van der Waals surface area contributed by atoms with Crippen molar-refractivity contribution in [2.24, 2.45) is 0 Å². The lowest BCUT2D eigenvalue weighted by Gasteiger charge is -2.01. The third-order valence-electron chi connectivity index (χ3n) is 2.36. The second kappa shape index (κ2) is 3.77. The first-order valence-corrected chi connectivity index (χ1v) is 4.97. The van der Waals surface area contributed by atoms with Crippen molar-refractivity contribution in [2.75, 3.05) is 0 Å². The normalized spacial score (nSPS) is 10.5. The van der Waals surface area contributed by atoms with Gasteiger partial charge < -0.3 is 0 Å². The molecule has 0 radical (unpaired) electrons. The van der Waals surface area contributed by atoms with E-state index in [2.05, 4.69) is 9.97 Å². The second-order valence-electron chi connectivity index (χ2n) is 3.47. The lowest BCUT2D eigenvalue weighted by atomic mass is 10.1. The molecule has 0 atom stereocenters. The first-order chi connectivity index (χ1) is 7.20. The Hall–Kier alpha value is -1.77. The third kappa shape index (κ3) is 1.86. The summed E-state index contributed by atoms with van der Waals surface area (Å²) in [6.45, 7) is 3.59. The molecule has 3 nitrogen and oxygen atoms in total. The highest BCUT2D eigenvalue weighted by atomic mass is 16.1. The largest absolute Gasteiger partial charge is 0.295 e. The monoisotopic (exact) mass is 200 g/mol. The summed E-state index contributed by atoms with van der Waals surface area (Å²) in [7, 11) is 0. The Labute approximate surface area is 88.2 Å². The summed E-state index contributed by atoms with van der Waals surface area (Å²) in [4.78, 5) is 19.9. The molecular weight excluding hydrogens is 188 g/mol. The minimum atomic E-state index is 0.0561. The van der Waals surface area contributed by atoms with Crippen molar-refractivity contribution in [3.05, 3.63) is 35.7 Å². The maximum absolute atomic E-state index is 11.2. The Kier molecular flexibility index (Phi) is 2.46. The van der Waals surface area contributed by atoms with Crippen molar-refractivity contribution < 1.29 is 4.79 Å². The minimum Gasteiger partial charge on any atom is -0.295 e. The van der Waals surface area contributed by atoms with Crippen molar-refractivity contribution >= 4 is 16.8 Å². The number of hydrogen-bond acceptors (Lipinski definition) is 3. The van der Waals surface area contributed by atoms with E-state index in [1.165, 1.54) is 0 Å². The quantitative estimate of drug-likeness (QED) is 0.699. The predicted molar refractivity (Wildman–Crippen MR) is 58.9 cm³/mol. The van der Waals surface area contributed by atoms with E-state index in [0.29, 0.717) is 5.56 Å². The molecule has 0 spiro atoms. The van der Waals surface area contributed by atoms with Crippen molar-refractivity contribution in [3.8, 4) is 0 Å². The number of benzene rings is 1. The van der Waals surface area contributed by atoms with E-state index in [-0.39, 0.29) is 5.78 Å². The molecule has 0 amide bonds. The molecule has 1 heterocycles. The number of ketones is 1. The van der Waals surface area contributed by atoms with Gasteiger partial charge >= 0.3 is 0 Å². The van der Waals surface area contributed by atoms with Gasteiger partial charge in [-0.1, -0.05) is 6.92 Å². The van der Waals surface area contributed by atoms with Crippen LogP contribution in [0.5, 0.6) is 0 Å². The number of hydrogen-bond donors (Lipinski definition) is 0. The molecule has 1 aromatic carbocycles. The van der Waals surface area contributed by atoms with Crippen LogP contribution in [0.4, 0.5) is 0 Å². The Bertz CT molecular complexity index is 520. The Morgan fingerprint density at radius 3 is 2.80 bits per heavy atom. The Morgan fingerprint density at radius 2 is 2.13 bits per heavy atom. The fourth-order valence-electron chi connectivity index (χ4n) is 1.44. The summed E-state index contributed by atoms with van der Waals surface area (Å²) in [5.74, 6) is 0.0561. The molecule has 0 saturated heterocycles. The molecule has 15 heavy (non-hydrogen) atoms. The van der Waals surface area contributed by atoms with E-state index in [1.807, 2.05) is 13.0 Å². The van der Waals surface area contributed by atoms with Gasteiger partial charge in [0, 0.05) is 11.8 Å². The number of aryl methyl sites for hydroxylation is 1. The number of aromatic nitrogens is 2. The SMILES string of the molecule is CCc1cnc2ccc(C(C)=O)cc2n1. The minimum absolute atomic E-state index is 0.0561. The van der Waals surface area contributed by atoms with Gasteiger partial charge in [0.2, 0.25) is 0 Å². The molecule has 2 rings (SSSR count). The van der Waals surface area contributed by atoms with Gasteiger partial charge in [-0.3, -0.25) is 9.78 Å². The molecule has 2 aromatic rings. The van der Waals surface area contributed by atoms with E-state index in [0.717, 1.165) is 23.1 Å². The number of carbonyl (C=O) groups is 1. The van der Waals surface area contributed by atoms with Crippen LogP contribution >= 0.6 is 0 Å². The fraction of sp³-hybridized carbons (Fsp3) is 0.250. The van der Waals surface area contributed by atoms with Gasteiger partial charge in [-0.15, -0.1) is 0 Å². The van der Waals surface area contributed by atoms with Crippen molar-refractivity contribution in [2.45, 2.75) is 20.3 Å². The topological polar surface area (TPSA) is 42.9 Å². The highest BCUT2D eigenvalue weighted by molar-refractivity contribution is 5.97. The molecule has 3 heteroatoms. The zero-order valence-corrected chi connectivity index (χ0v) is 8.82. The van der Waals surface area contributed by atoms with Gasteiger partial charge in [0.05, 0.1) is 16.7 Å². The third-order valence-corrected chi connectivity index (χ3v) is 2.36. The summed E-state index contributed by atoms with van der Waals surface area (Å²) in [5.41, 5.74) is 3.26. The van der Waals surface area contributed by atoms with E-state index in [4.69, 9.17) is 0 Å². The summed E-state index contributed by atoms with van der Waals surface area (Å²) in [6.07, 6.45) is 2.63. The van der Waals surface area contributed by atoms with Crippen LogP contribution in [-0.4, -0.2) is 15.8 Å². The van der Waals surface area contributed by atoms with Crippen LogP contribution in [0.15, 0.2) is 24.4 Å². The number of rotatable bonds is 2. The lowest BCUT2D eigenvalue weighted by Crippen LogP contribution is -1.95. The summed E-state index contributed by atoms with van der Waals surface area (Å²) in [5, 5.41) is 0. The van der Waals surface area contributed by atoms with Crippen LogP contribution in [0.3, 0.4) is 0 Å². The molecular formula is C12H12N2O. The molecule has 0 saturated carbocycles. The van der Waals surface area contributed by atoms with Crippen LogP contribution in [0.2, 0.25) is 0 Å². The van der Waals surface area contributed by atoms with E-state index < -0.39 is 0 Å². The summed E-state index contributed by atoms with van der Waals surface area (Å²) < 4.78 is 0. The molecule has 0 N–H and O–H groups in total. The van der Waals surface area contributed by atoms with E-state index in [9.17, 15) is 4.79 Å². The predicted octanol–water partition coefficient (Wildman–Crippen LogP) is 2.39. The molecule has 1 aromatic heterocycles. The molecule has 0 bridgehead atoms. The van der Waals surface area contributed by atoms with E-state index >= 15 is 0 Å². The van der Waals surface area contributed by atoms with Crippen molar-refractivity contribution in [1.82, 2.24) is 9.97 Å². The number of carbonyl (C=O) groups excluding carboxylic acids is 1. The first-order valence-electron chi connectivity index (χ1n) is 4.97. The van der Waals surface area contributed by atoms with Gasteiger partial charge in [-0.25, -0.2) is 4.98 Å². The van der Waals surface area contributed by atoms with Gasteiger partial charge in [0.15, 0.2) is 5.78 Å². The second-order valence-corrected chi connectivity index (χ2v) is 3.47. The fourth-order valence-corrected chi connectivity index (χ4v) is 1.44. The number of nitrogens with zero attached hydrogens (tertiary/aromatic N) is 2. The summed E-state index contributed by atoms with van der Waals surface area (Å²) in [6, 6.07) is 5.41. The average Bonchev–Trinajstić information content (AvgIpc) is 2.27.